The number of benzene rings is 3. The molecule has 164 valence electrons. The predicted octanol–water partition coefficient (Wildman–Crippen LogP) is 5.15. The number of fused-ring (bicyclic) bond motifs is 2. The van der Waals surface area contributed by atoms with Crippen LogP contribution in [0.15, 0.2) is 82.6 Å². The van der Waals surface area contributed by atoms with Crippen molar-refractivity contribution in [3.63, 3.8) is 0 Å². The summed E-state index contributed by atoms with van der Waals surface area (Å²) in [5.41, 5.74) is 0.434. The molecule has 0 aliphatic carbocycles. The van der Waals surface area contributed by atoms with Crippen LogP contribution < -0.4 is 16.0 Å². The van der Waals surface area contributed by atoms with Gasteiger partial charge in [-0.1, -0.05) is 41.9 Å². The summed E-state index contributed by atoms with van der Waals surface area (Å²) < 4.78 is 30.7. The highest BCUT2D eigenvalue weighted by Crippen LogP contribution is 2.33. The molecular formula is C24H14ClF2N3O3. The van der Waals surface area contributed by atoms with E-state index in [0.717, 1.165) is 9.95 Å². The Balaban J connectivity index is 1.68. The Kier molecular flexibility index (Phi) is 5.14. The molecule has 0 spiro atoms. The first-order valence-electron chi connectivity index (χ1n) is 9.79. The third-order valence-electron chi connectivity index (χ3n) is 5.26. The minimum Gasteiger partial charge on any atom is -0.435 e. The van der Waals surface area contributed by atoms with Crippen molar-refractivity contribution < 1.29 is 13.5 Å². The van der Waals surface area contributed by atoms with Gasteiger partial charge in [0.25, 0.3) is 5.56 Å². The molecule has 2 aromatic heterocycles. The maximum atomic E-state index is 13.3. The van der Waals surface area contributed by atoms with E-state index in [2.05, 4.69) is 14.7 Å². The number of hydrogen-bond donors (Lipinski definition) is 1. The van der Waals surface area contributed by atoms with Crippen LogP contribution in [-0.4, -0.2) is 21.1 Å². The molecule has 33 heavy (non-hydrogen) atoms. The van der Waals surface area contributed by atoms with Crippen LogP contribution in [0.3, 0.4) is 0 Å². The fourth-order valence-corrected chi connectivity index (χ4v) is 4.01. The van der Waals surface area contributed by atoms with Gasteiger partial charge >= 0.3 is 12.3 Å². The number of hydrogen-bond acceptors (Lipinski definition) is 4. The minimum absolute atomic E-state index is 0.0585. The fourth-order valence-electron chi connectivity index (χ4n) is 3.78. The molecule has 0 aliphatic rings. The summed E-state index contributed by atoms with van der Waals surface area (Å²) in [6.07, 6.45) is 3.12. The van der Waals surface area contributed by atoms with E-state index in [9.17, 15) is 18.4 Å². The molecule has 0 saturated carbocycles. The van der Waals surface area contributed by atoms with E-state index in [4.69, 9.17) is 11.6 Å². The van der Waals surface area contributed by atoms with Gasteiger partial charge in [-0.05, 0) is 35.9 Å². The number of aromatic amines is 1. The molecular weight excluding hydrogens is 452 g/mol. The quantitative estimate of drug-likeness (QED) is 0.398. The molecule has 0 atom stereocenters. The number of nitrogens with zero attached hydrogens (tertiary/aromatic N) is 2. The molecule has 2 heterocycles. The smallest absolute Gasteiger partial charge is 0.387 e. The lowest BCUT2D eigenvalue weighted by atomic mass is 10.0. The van der Waals surface area contributed by atoms with Gasteiger partial charge in [-0.2, -0.15) is 8.78 Å². The lowest BCUT2D eigenvalue weighted by Gasteiger charge is -2.11. The molecule has 5 aromatic rings. The zero-order valence-corrected chi connectivity index (χ0v) is 17.5. The summed E-state index contributed by atoms with van der Waals surface area (Å²) >= 11 is 6.25. The predicted molar refractivity (Wildman–Crippen MR) is 123 cm³/mol. The summed E-state index contributed by atoms with van der Waals surface area (Å²) in [7, 11) is 0. The first kappa shape index (κ1) is 20.8. The van der Waals surface area contributed by atoms with E-state index < -0.39 is 17.9 Å². The number of pyridine rings is 1. The second kappa shape index (κ2) is 8.14. The van der Waals surface area contributed by atoms with Crippen LogP contribution in [0.25, 0.3) is 38.5 Å². The van der Waals surface area contributed by atoms with Crippen molar-refractivity contribution in [2.45, 2.75) is 6.61 Å². The van der Waals surface area contributed by atoms with Gasteiger partial charge in [-0.3, -0.25) is 9.78 Å². The number of alkyl halides is 2. The summed E-state index contributed by atoms with van der Waals surface area (Å²) in [5.74, 6) is -0.0585. The van der Waals surface area contributed by atoms with Crippen LogP contribution in [0.1, 0.15) is 0 Å². The van der Waals surface area contributed by atoms with Crippen LogP contribution in [0.4, 0.5) is 8.78 Å². The summed E-state index contributed by atoms with van der Waals surface area (Å²) in [6, 6.07) is 16.2. The number of nitrogens with one attached hydrogen (secondary N) is 1. The van der Waals surface area contributed by atoms with Crippen LogP contribution in [-0.2, 0) is 0 Å². The number of ether oxygens (including phenoxy) is 1. The highest BCUT2D eigenvalue weighted by molar-refractivity contribution is 6.33. The van der Waals surface area contributed by atoms with Gasteiger partial charge in [0.05, 0.1) is 22.8 Å². The molecule has 0 aliphatic heterocycles. The number of halogens is 3. The summed E-state index contributed by atoms with van der Waals surface area (Å²) in [5, 5.41) is 2.06. The number of aromatic nitrogens is 3. The molecule has 0 saturated heterocycles. The second-order valence-corrected chi connectivity index (χ2v) is 7.64. The Morgan fingerprint density at radius 3 is 2.61 bits per heavy atom. The van der Waals surface area contributed by atoms with E-state index in [1.54, 1.807) is 24.4 Å². The van der Waals surface area contributed by atoms with Crippen molar-refractivity contribution in [3.8, 4) is 22.6 Å². The topological polar surface area (TPSA) is 77.0 Å². The lowest BCUT2D eigenvalue weighted by molar-refractivity contribution is -0.0498. The van der Waals surface area contributed by atoms with Crippen molar-refractivity contribution in [2.75, 3.05) is 0 Å². The molecule has 5 rings (SSSR count). The molecule has 0 bridgehead atoms. The first-order chi connectivity index (χ1) is 15.9. The Morgan fingerprint density at radius 2 is 1.79 bits per heavy atom. The fraction of sp³-hybridized carbons (Fsp3) is 0.0417. The zero-order valence-electron chi connectivity index (χ0n) is 16.8. The largest absolute Gasteiger partial charge is 0.435 e. The Morgan fingerprint density at radius 1 is 0.970 bits per heavy atom. The molecule has 6 nitrogen and oxygen atoms in total. The van der Waals surface area contributed by atoms with Gasteiger partial charge < -0.3 is 9.72 Å². The Labute approximate surface area is 189 Å². The van der Waals surface area contributed by atoms with E-state index in [0.29, 0.717) is 27.2 Å². The van der Waals surface area contributed by atoms with Gasteiger partial charge in [-0.15, -0.1) is 0 Å². The van der Waals surface area contributed by atoms with Crippen LogP contribution in [0.5, 0.6) is 5.75 Å². The maximum absolute atomic E-state index is 13.3. The van der Waals surface area contributed by atoms with Crippen molar-refractivity contribution in [1.29, 1.82) is 0 Å². The molecule has 0 unspecified atom stereocenters. The van der Waals surface area contributed by atoms with E-state index in [1.807, 2.05) is 24.3 Å². The van der Waals surface area contributed by atoms with Gasteiger partial charge in [0, 0.05) is 27.6 Å². The first-order valence-corrected chi connectivity index (χ1v) is 10.2. The maximum Gasteiger partial charge on any atom is 0.387 e. The third kappa shape index (κ3) is 3.74. The van der Waals surface area contributed by atoms with Crippen molar-refractivity contribution >= 4 is 33.3 Å². The zero-order chi connectivity index (χ0) is 23.1. The highest BCUT2D eigenvalue weighted by Gasteiger charge is 2.15. The normalized spacial score (nSPS) is 11.4. The van der Waals surface area contributed by atoms with Crippen LogP contribution >= 0.6 is 11.6 Å². The molecule has 1 N–H and O–H groups in total. The molecule has 0 amide bonds. The average Bonchev–Trinajstić information content (AvgIpc) is 2.80. The molecule has 0 fully saturated rings. The average molecular weight is 466 g/mol. The van der Waals surface area contributed by atoms with Crippen molar-refractivity contribution in [1.82, 2.24) is 14.5 Å². The lowest BCUT2D eigenvalue weighted by Crippen LogP contribution is -2.33. The van der Waals surface area contributed by atoms with Gasteiger partial charge in [-0.25, -0.2) is 9.36 Å². The monoisotopic (exact) mass is 465 g/mol. The van der Waals surface area contributed by atoms with Crippen molar-refractivity contribution in [2.24, 2.45) is 0 Å². The third-order valence-corrected chi connectivity index (χ3v) is 5.59. The van der Waals surface area contributed by atoms with Crippen LogP contribution in [0, 0.1) is 0 Å². The Bertz CT molecular complexity index is 1640. The van der Waals surface area contributed by atoms with E-state index >= 15 is 0 Å². The number of H-pyrrole nitrogens is 1. The molecule has 9 heteroatoms. The van der Waals surface area contributed by atoms with Crippen molar-refractivity contribution in [3.05, 3.63) is 98.9 Å². The summed E-state index contributed by atoms with van der Waals surface area (Å²) in [6.45, 7) is -2.98. The van der Waals surface area contributed by atoms with E-state index in [1.165, 1.54) is 24.4 Å². The van der Waals surface area contributed by atoms with E-state index in [-0.39, 0.29) is 16.7 Å². The van der Waals surface area contributed by atoms with Gasteiger partial charge in [0.2, 0.25) is 0 Å². The molecule has 0 radical (unpaired) electrons. The Hall–Kier alpha value is -4.04. The molecule has 3 aromatic carbocycles. The summed E-state index contributed by atoms with van der Waals surface area (Å²) in [4.78, 5) is 33.1. The highest BCUT2D eigenvalue weighted by atomic mass is 35.5. The van der Waals surface area contributed by atoms with Gasteiger partial charge in [0.1, 0.15) is 5.75 Å². The minimum atomic E-state index is -2.98. The second-order valence-electron chi connectivity index (χ2n) is 7.23. The standard InChI is InChI=1S/C24H14ClF2N3O3/c25-19-8-6-15(33-23(26)27)10-18(19)13-5-7-17-20(9-13)29-24(32)30(22(17)31)21-12-28-11-14-3-1-2-4-16(14)21/h1-12,23H,(H,29,32). The van der Waals surface area contributed by atoms with Gasteiger partial charge in [0.15, 0.2) is 0 Å². The number of rotatable bonds is 4. The SMILES string of the molecule is O=c1[nH]c2cc(-c3cc(OC(F)F)ccc3Cl)ccc2c(=O)n1-c1cncc2ccccc12. The van der Waals surface area contributed by atoms with Crippen LogP contribution in [0.2, 0.25) is 5.02 Å².